The molecule has 0 aliphatic heterocycles. The summed E-state index contributed by atoms with van der Waals surface area (Å²) in [7, 11) is 3.49. The van der Waals surface area contributed by atoms with Crippen LogP contribution in [-0.4, -0.2) is 61.9 Å². The van der Waals surface area contributed by atoms with Gasteiger partial charge in [0, 0.05) is 25.5 Å². The Labute approximate surface area is 201 Å². The first-order valence-corrected chi connectivity index (χ1v) is 11.0. The van der Waals surface area contributed by atoms with E-state index in [4.69, 9.17) is 0 Å². The fourth-order valence-electron chi connectivity index (χ4n) is 3.04. The Kier molecular flexibility index (Phi) is 12.6. The van der Waals surface area contributed by atoms with Crippen LogP contribution in [0.1, 0.15) is 30.3 Å². The minimum absolute atomic E-state index is 0. The number of halogens is 1. The number of nitrogens with zero attached hydrogens (tertiary/aromatic N) is 3. The number of amides is 1. The molecule has 0 saturated carbocycles. The summed E-state index contributed by atoms with van der Waals surface area (Å²) < 4.78 is 0. The number of rotatable bonds is 10. The van der Waals surface area contributed by atoms with E-state index in [1.165, 1.54) is 10.4 Å². The molecule has 30 heavy (non-hydrogen) atoms. The minimum Gasteiger partial charge on any atom is -0.354 e. The first-order chi connectivity index (χ1) is 14.0. The van der Waals surface area contributed by atoms with E-state index in [1.54, 1.807) is 30.3 Å². The second-order valence-corrected chi connectivity index (χ2v) is 7.95. The summed E-state index contributed by atoms with van der Waals surface area (Å²) in [5, 5.41) is 8.87. The quantitative estimate of drug-likeness (QED) is 0.273. The summed E-state index contributed by atoms with van der Waals surface area (Å²) in [6.07, 6.45) is 0. The first kappa shape index (κ1) is 26.4. The standard InChI is InChI=1S/C22H33N5OS.HI/c1-5-27(6-2)20(18-11-8-7-9-12-18)16-24-22(25-17-21(28)26(3)4)23-15-19-13-10-14-29-19;/h7-14,20H,5-6,15-17H2,1-4H3,(H2,23,24,25);1H. The SMILES string of the molecule is CCN(CC)C(CNC(=NCC(=O)N(C)C)NCc1cccs1)c1ccccc1.I. The summed E-state index contributed by atoms with van der Waals surface area (Å²) in [5.41, 5.74) is 1.27. The van der Waals surface area contributed by atoms with Crippen molar-refractivity contribution in [2.45, 2.75) is 26.4 Å². The Morgan fingerprint density at radius 2 is 1.77 bits per heavy atom. The number of nitrogens with one attached hydrogen (secondary N) is 2. The number of hydrogen-bond acceptors (Lipinski definition) is 4. The van der Waals surface area contributed by atoms with Gasteiger partial charge in [-0.2, -0.15) is 0 Å². The van der Waals surface area contributed by atoms with Crippen LogP contribution in [-0.2, 0) is 11.3 Å². The lowest BCUT2D eigenvalue weighted by molar-refractivity contribution is -0.127. The van der Waals surface area contributed by atoms with Crippen LogP contribution in [0.4, 0.5) is 0 Å². The molecule has 1 heterocycles. The van der Waals surface area contributed by atoms with Crippen LogP contribution >= 0.6 is 35.3 Å². The van der Waals surface area contributed by atoms with Gasteiger partial charge in [0.05, 0.1) is 12.6 Å². The molecular weight excluding hydrogens is 509 g/mol. The van der Waals surface area contributed by atoms with Crippen molar-refractivity contribution in [1.29, 1.82) is 0 Å². The van der Waals surface area contributed by atoms with E-state index < -0.39 is 0 Å². The average molecular weight is 544 g/mol. The highest BCUT2D eigenvalue weighted by molar-refractivity contribution is 14.0. The Morgan fingerprint density at radius 3 is 2.33 bits per heavy atom. The predicted molar refractivity (Wildman–Crippen MR) is 138 cm³/mol. The average Bonchev–Trinajstić information content (AvgIpc) is 3.26. The van der Waals surface area contributed by atoms with E-state index in [2.05, 4.69) is 70.1 Å². The van der Waals surface area contributed by atoms with Crippen molar-refractivity contribution in [3.05, 3.63) is 58.3 Å². The fourth-order valence-corrected chi connectivity index (χ4v) is 3.68. The van der Waals surface area contributed by atoms with Gasteiger partial charge in [-0.25, -0.2) is 4.99 Å². The van der Waals surface area contributed by atoms with Gasteiger partial charge in [0.15, 0.2) is 5.96 Å². The molecule has 0 fully saturated rings. The number of aliphatic imine (C=N–C) groups is 1. The van der Waals surface area contributed by atoms with E-state index in [0.29, 0.717) is 19.0 Å². The molecule has 2 rings (SSSR count). The molecule has 0 aliphatic carbocycles. The lowest BCUT2D eigenvalue weighted by atomic mass is 10.1. The van der Waals surface area contributed by atoms with E-state index in [0.717, 1.165) is 13.1 Å². The van der Waals surface area contributed by atoms with Crippen LogP contribution in [0, 0.1) is 0 Å². The third-order valence-corrected chi connectivity index (χ3v) is 5.66. The maximum Gasteiger partial charge on any atom is 0.243 e. The van der Waals surface area contributed by atoms with Crippen LogP contribution in [0.25, 0.3) is 0 Å². The van der Waals surface area contributed by atoms with Crippen molar-refractivity contribution < 1.29 is 4.79 Å². The van der Waals surface area contributed by atoms with Crippen molar-refractivity contribution in [1.82, 2.24) is 20.4 Å². The van der Waals surface area contributed by atoms with Gasteiger partial charge in [0.1, 0.15) is 6.54 Å². The third kappa shape index (κ3) is 8.61. The first-order valence-electron chi connectivity index (χ1n) is 10.1. The molecule has 2 aromatic rings. The number of hydrogen-bond donors (Lipinski definition) is 2. The van der Waals surface area contributed by atoms with Crippen molar-refractivity contribution in [3.8, 4) is 0 Å². The number of thiophene rings is 1. The molecule has 6 nitrogen and oxygen atoms in total. The van der Waals surface area contributed by atoms with Crippen molar-refractivity contribution in [3.63, 3.8) is 0 Å². The zero-order valence-electron chi connectivity index (χ0n) is 18.3. The minimum atomic E-state index is -0.0226. The Morgan fingerprint density at radius 1 is 1.07 bits per heavy atom. The molecule has 1 unspecified atom stereocenters. The number of likely N-dealkylation sites (N-methyl/N-ethyl adjacent to an activating group) is 2. The fraction of sp³-hybridized carbons (Fsp3) is 0.455. The van der Waals surface area contributed by atoms with E-state index in [1.807, 2.05) is 12.1 Å². The maximum atomic E-state index is 12.0. The summed E-state index contributed by atoms with van der Waals surface area (Å²) in [4.78, 5) is 21.7. The molecule has 0 aliphatic rings. The Balaban J connectivity index is 0.00000450. The highest BCUT2D eigenvalue weighted by Gasteiger charge is 2.18. The van der Waals surface area contributed by atoms with Crippen LogP contribution in [0.3, 0.4) is 0 Å². The Bertz CT molecular complexity index is 748. The van der Waals surface area contributed by atoms with Crippen molar-refractivity contribution in [2.24, 2.45) is 4.99 Å². The van der Waals surface area contributed by atoms with Crippen molar-refractivity contribution >= 4 is 47.2 Å². The molecule has 2 N–H and O–H groups in total. The molecule has 1 aromatic carbocycles. The predicted octanol–water partition coefficient (Wildman–Crippen LogP) is 3.57. The van der Waals surface area contributed by atoms with E-state index in [-0.39, 0.29) is 42.5 Å². The molecular formula is C22H34IN5OS. The highest BCUT2D eigenvalue weighted by atomic mass is 127. The molecule has 0 radical (unpaired) electrons. The summed E-state index contributed by atoms with van der Waals surface area (Å²) >= 11 is 1.70. The van der Waals surface area contributed by atoms with E-state index >= 15 is 0 Å². The molecule has 0 saturated heterocycles. The highest BCUT2D eigenvalue weighted by Crippen LogP contribution is 2.19. The monoisotopic (exact) mass is 543 g/mol. The van der Waals surface area contributed by atoms with Gasteiger partial charge in [-0.05, 0) is 30.1 Å². The van der Waals surface area contributed by atoms with Gasteiger partial charge < -0.3 is 15.5 Å². The molecule has 166 valence electrons. The second-order valence-electron chi connectivity index (χ2n) is 6.91. The van der Waals surface area contributed by atoms with Crippen molar-refractivity contribution in [2.75, 3.05) is 40.3 Å². The molecule has 1 atom stereocenters. The van der Waals surface area contributed by atoms with Crippen LogP contribution in [0.2, 0.25) is 0 Å². The zero-order valence-corrected chi connectivity index (χ0v) is 21.4. The van der Waals surface area contributed by atoms with Crippen LogP contribution in [0.5, 0.6) is 0 Å². The van der Waals surface area contributed by atoms with Gasteiger partial charge in [-0.1, -0.05) is 50.2 Å². The normalized spacial score (nSPS) is 12.2. The maximum absolute atomic E-state index is 12.0. The lowest BCUT2D eigenvalue weighted by Gasteiger charge is -2.31. The summed E-state index contributed by atoms with van der Waals surface area (Å²) in [5.74, 6) is 0.632. The molecule has 8 heteroatoms. The van der Waals surface area contributed by atoms with Crippen LogP contribution < -0.4 is 10.6 Å². The molecule has 1 aromatic heterocycles. The largest absolute Gasteiger partial charge is 0.354 e. The topological polar surface area (TPSA) is 60.0 Å². The van der Waals surface area contributed by atoms with Gasteiger partial charge in [-0.15, -0.1) is 35.3 Å². The van der Waals surface area contributed by atoms with Gasteiger partial charge in [0.25, 0.3) is 0 Å². The van der Waals surface area contributed by atoms with Crippen LogP contribution in [0.15, 0.2) is 52.8 Å². The van der Waals surface area contributed by atoms with Gasteiger partial charge >= 0.3 is 0 Å². The summed E-state index contributed by atoms with van der Waals surface area (Å²) in [6.45, 7) is 7.80. The number of guanidine groups is 1. The molecule has 0 bridgehead atoms. The third-order valence-electron chi connectivity index (χ3n) is 4.78. The second kappa shape index (κ2) is 14.4. The number of benzene rings is 1. The van der Waals surface area contributed by atoms with E-state index in [9.17, 15) is 4.79 Å². The van der Waals surface area contributed by atoms with Gasteiger partial charge in [0.2, 0.25) is 5.91 Å². The molecule has 0 spiro atoms. The summed E-state index contributed by atoms with van der Waals surface area (Å²) in [6, 6.07) is 14.9. The number of carbonyl (C=O) groups excluding carboxylic acids is 1. The Hall–Kier alpha value is -1.65. The number of carbonyl (C=O) groups is 1. The molecule has 1 amide bonds. The zero-order chi connectivity index (χ0) is 21.1. The smallest absolute Gasteiger partial charge is 0.243 e. The van der Waals surface area contributed by atoms with Gasteiger partial charge in [-0.3, -0.25) is 9.69 Å². The lowest BCUT2D eigenvalue weighted by Crippen LogP contribution is -2.43.